The van der Waals surface area contributed by atoms with E-state index in [0.29, 0.717) is 5.22 Å². The summed E-state index contributed by atoms with van der Waals surface area (Å²) in [4.78, 5) is 22.4. The summed E-state index contributed by atoms with van der Waals surface area (Å²) in [7, 11) is 1.23. The number of ketones is 2. The van der Waals surface area contributed by atoms with Crippen molar-refractivity contribution in [1.82, 2.24) is 0 Å². The van der Waals surface area contributed by atoms with Crippen molar-refractivity contribution in [2.24, 2.45) is 0 Å². The van der Waals surface area contributed by atoms with Gasteiger partial charge in [0.15, 0.2) is 10.7 Å². The fourth-order valence-electron chi connectivity index (χ4n) is 2.48. The molecule has 0 atom stereocenters. The highest BCUT2D eigenvalue weighted by Gasteiger charge is 2.36. The molecule has 6 nitrogen and oxygen atoms in total. The lowest BCUT2D eigenvalue weighted by molar-refractivity contribution is 0.103. The van der Waals surface area contributed by atoms with E-state index in [0.717, 1.165) is 6.08 Å². The molecule has 0 unspecified atom stereocenters. The number of fused-ring (bicyclic) bond motifs is 2. The molecule has 10 heteroatoms. The first kappa shape index (κ1) is 17.1. The molecule has 3 rings (SSSR count). The molecule has 2 aliphatic carbocycles. The van der Waals surface area contributed by atoms with Crippen LogP contribution in [0.3, 0.4) is 0 Å². The van der Waals surface area contributed by atoms with Gasteiger partial charge in [0.2, 0.25) is 5.78 Å². The number of carbonyl (C=O) groups excluding carboxylic acids is 2. The summed E-state index contributed by atoms with van der Waals surface area (Å²) in [5, 5.41) is 0.477. The molecule has 0 aromatic heterocycles. The second-order valence-electron chi connectivity index (χ2n) is 4.96. The Morgan fingerprint density at radius 1 is 0.833 bits per heavy atom. The zero-order valence-electron chi connectivity index (χ0n) is 11.5. The van der Waals surface area contributed by atoms with E-state index in [1.165, 1.54) is 24.3 Å². The minimum absolute atomic E-state index is 0.0686. The van der Waals surface area contributed by atoms with E-state index in [4.69, 9.17) is 21.4 Å². The molecule has 0 amide bonds. The predicted octanol–water partition coefficient (Wildman–Crippen LogP) is 0.545. The van der Waals surface area contributed by atoms with Crippen molar-refractivity contribution in [1.29, 1.82) is 0 Å². The summed E-state index contributed by atoms with van der Waals surface area (Å²) >= 11 is 0. The van der Waals surface area contributed by atoms with E-state index < -0.39 is 33.7 Å². The van der Waals surface area contributed by atoms with Crippen LogP contribution in [0.4, 0.5) is 0 Å². The fraction of sp³-hybridized carbons (Fsp3) is 0. The van der Waals surface area contributed by atoms with Gasteiger partial charge in [-0.15, -0.1) is 0 Å². The van der Waals surface area contributed by atoms with E-state index in [1.54, 1.807) is 6.08 Å². The second-order valence-corrected chi connectivity index (χ2v) is 10.00. The summed E-state index contributed by atoms with van der Waals surface area (Å²) in [6.07, 6.45) is 5.28. The van der Waals surface area contributed by atoms with Crippen LogP contribution in [0, 0.1) is 0 Å². The third-order valence-electron chi connectivity index (χ3n) is 3.48. The number of carbonyl (C=O) groups is 2. The Morgan fingerprint density at radius 2 is 1.46 bits per heavy atom. The largest absolute Gasteiger partial charge is 0.289 e. The monoisotopic (exact) mass is 404 g/mol. The van der Waals surface area contributed by atoms with Crippen molar-refractivity contribution in [3.63, 3.8) is 0 Å². The maximum atomic E-state index is 12.5. The van der Waals surface area contributed by atoms with Gasteiger partial charge in [-0.1, -0.05) is 12.2 Å². The first-order valence-electron chi connectivity index (χ1n) is 6.27. The first-order valence-corrected chi connectivity index (χ1v) is 10.9. The molecule has 0 saturated heterocycles. The van der Waals surface area contributed by atoms with Gasteiger partial charge in [0, 0.05) is 32.5 Å². The van der Waals surface area contributed by atoms with Crippen molar-refractivity contribution in [2.75, 3.05) is 0 Å². The number of hydrogen-bond acceptors (Lipinski definition) is 6. The summed E-state index contributed by atoms with van der Waals surface area (Å²) in [6.45, 7) is 0. The molecule has 1 aromatic rings. The highest BCUT2D eigenvalue weighted by Crippen LogP contribution is 2.29. The predicted molar refractivity (Wildman–Crippen MR) is 89.0 cm³/mol. The van der Waals surface area contributed by atoms with E-state index >= 15 is 0 Å². The number of rotatable bonds is 2. The van der Waals surface area contributed by atoms with E-state index in [1.807, 2.05) is 0 Å². The molecule has 0 aliphatic heterocycles. The summed E-state index contributed by atoms with van der Waals surface area (Å²) in [5.74, 6) is -1.42. The lowest BCUT2D eigenvalue weighted by Crippen LogP contribution is -2.31. The molecule has 2 aliphatic rings. The third kappa shape index (κ3) is 2.75. The summed E-state index contributed by atoms with van der Waals surface area (Å²) < 4.78 is 46.7. The van der Waals surface area contributed by atoms with Crippen molar-refractivity contribution in [3.05, 3.63) is 55.7 Å². The van der Waals surface area contributed by atoms with Crippen molar-refractivity contribution in [2.45, 2.75) is 0 Å². The Hall–Kier alpha value is -1.74. The summed E-state index contributed by atoms with van der Waals surface area (Å²) in [6, 6.07) is 2.62. The molecule has 124 valence electrons. The standard InChI is InChI=1S/C14H6Cl2O6S2/c15-23(19,20)12-6-8-5-9-7(2-1-3-11(9)17)4-10(8)13(18)14(12)24(16,21)22/h1-6H. The van der Waals surface area contributed by atoms with Gasteiger partial charge in [-0.05, 0) is 34.7 Å². The molecule has 0 saturated carbocycles. The van der Waals surface area contributed by atoms with E-state index in [2.05, 4.69) is 0 Å². The number of benzene rings is 1. The number of allylic oxidation sites excluding steroid dienone is 4. The molecule has 0 heterocycles. The lowest BCUT2D eigenvalue weighted by Gasteiger charge is -2.14. The Labute approximate surface area is 145 Å². The van der Waals surface area contributed by atoms with Crippen LogP contribution in [0.5, 0.6) is 0 Å². The van der Waals surface area contributed by atoms with Gasteiger partial charge in [0.25, 0.3) is 18.1 Å². The highest BCUT2D eigenvalue weighted by atomic mass is 35.7. The van der Waals surface area contributed by atoms with Crippen LogP contribution in [0.2, 0.25) is 0 Å². The van der Waals surface area contributed by atoms with Crippen LogP contribution in [0.15, 0.2) is 34.1 Å². The number of Topliss-reactive ketones (excluding diaryl/α,β-unsaturated/α-hetero) is 1. The van der Waals surface area contributed by atoms with Gasteiger partial charge in [-0.3, -0.25) is 9.59 Å². The summed E-state index contributed by atoms with van der Waals surface area (Å²) in [5.41, 5.74) is 0.167. The Morgan fingerprint density at radius 3 is 2.04 bits per heavy atom. The zero-order valence-corrected chi connectivity index (χ0v) is 14.6. The average molecular weight is 405 g/mol. The molecule has 24 heavy (non-hydrogen) atoms. The van der Waals surface area contributed by atoms with Crippen molar-refractivity contribution in [3.8, 4) is 0 Å². The molecule has 1 aromatic carbocycles. The average Bonchev–Trinajstić information content (AvgIpc) is 2.44. The Balaban J connectivity index is 2.48. The van der Waals surface area contributed by atoms with Crippen LogP contribution in [-0.2, 0) is 18.1 Å². The topological polar surface area (TPSA) is 102 Å². The zero-order chi connectivity index (χ0) is 17.9. The van der Waals surface area contributed by atoms with Crippen LogP contribution >= 0.6 is 21.4 Å². The SMILES string of the molecule is O=C1C=CC=c2cc3c(cc21)=CC(S(=O)(=O)Cl)=C(S(=O)(=O)Cl)C3=O. The van der Waals surface area contributed by atoms with E-state index in [-0.39, 0.29) is 22.1 Å². The van der Waals surface area contributed by atoms with Gasteiger partial charge in [-0.2, -0.15) is 0 Å². The number of halogens is 2. The lowest BCUT2D eigenvalue weighted by atomic mass is 9.95. The van der Waals surface area contributed by atoms with Gasteiger partial charge < -0.3 is 0 Å². The third-order valence-corrected chi connectivity index (χ3v) is 6.31. The van der Waals surface area contributed by atoms with Gasteiger partial charge in [0.05, 0.1) is 0 Å². The van der Waals surface area contributed by atoms with E-state index in [9.17, 15) is 26.4 Å². The maximum absolute atomic E-state index is 12.5. The number of hydrogen-bond donors (Lipinski definition) is 0. The van der Waals surface area contributed by atoms with Crippen LogP contribution in [0.25, 0.3) is 12.2 Å². The normalized spacial score (nSPS) is 17.1. The molecule has 0 radical (unpaired) electrons. The molecule has 0 fully saturated rings. The minimum atomic E-state index is -4.67. The quantitative estimate of drug-likeness (QED) is 0.666. The second kappa shape index (κ2) is 5.38. The Kier molecular flexibility index (Phi) is 3.83. The van der Waals surface area contributed by atoms with Crippen LogP contribution < -0.4 is 10.4 Å². The minimum Gasteiger partial charge on any atom is -0.289 e. The highest BCUT2D eigenvalue weighted by molar-refractivity contribution is 8.20. The van der Waals surface area contributed by atoms with Gasteiger partial charge in [-0.25, -0.2) is 16.8 Å². The first-order chi connectivity index (χ1) is 11.0. The maximum Gasteiger partial charge on any atom is 0.266 e. The smallest absolute Gasteiger partial charge is 0.266 e. The van der Waals surface area contributed by atoms with Gasteiger partial charge >= 0.3 is 0 Å². The van der Waals surface area contributed by atoms with Crippen molar-refractivity contribution >= 4 is 63.2 Å². The van der Waals surface area contributed by atoms with Crippen molar-refractivity contribution < 1.29 is 26.4 Å². The molecular weight excluding hydrogens is 399 g/mol. The van der Waals surface area contributed by atoms with Gasteiger partial charge in [0.1, 0.15) is 4.91 Å². The Bertz CT molecular complexity index is 1220. The molecule has 0 spiro atoms. The van der Waals surface area contributed by atoms with Crippen LogP contribution in [-0.4, -0.2) is 28.4 Å². The molecule has 0 N–H and O–H groups in total. The molecule has 0 bridgehead atoms. The molecular formula is C14H6Cl2O6S2. The van der Waals surface area contributed by atoms with Crippen LogP contribution in [0.1, 0.15) is 20.7 Å². The fourth-order valence-corrected chi connectivity index (χ4v) is 5.45.